The second-order valence-corrected chi connectivity index (χ2v) is 4.65. The van der Waals surface area contributed by atoms with E-state index in [2.05, 4.69) is 12.1 Å². The average Bonchev–Trinajstić information content (AvgIpc) is 2.30. The van der Waals surface area contributed by atoms with Crippen molar-refractivity contribution in [3.8, 4) is 0 Å². The van der Waals surface area contributed by atoms with Gasteiger partial charge in [0.15, 0.2) is 0 Å². The molecule has 16 heavy (non-hydrogen) atoms. The van der Waals surface area contributed by atoms with Gasteiger partial charge in [0.2, 0.25) is 0 Å². The molecule has 1 aliphatic carbocycles. The summed E-state index contributed by atoms with van der Waals surface area (Å²) in [5.41, 5.74) is 2.26. The number of rotatable bonds is 3. The topological polar surface area (TPSA) is 37.3 Å². The fourth-order valence-corrected chi connectivity index (χ4v) is 2.57. The van der Waals surface area contributed by atoms with Crippen molar-refractivity contribution in [3.05, 3.63) is 35.4 Å². The van der Waals surface area contributed by atoms with Crippen molar-refractivity contribution < 1.29 is 9.90 Å². The molecule has 1 aliphatic rings. The van der Waals surface area contributed by atoms with Crippen molar-refractivity contribution in [1.82, 2.24) is 0 Å². The smallest absolute Gasteiger partial charge is 0.307 e. The molecule has 0 spiro atoms. The molecule has 0 heterocycles. The molecule has 2 nitrogen and oxygen atoms in total. The molecule has 1 aromatic carbocycles. The Labute approximate surface area is 96.3 Å². The SMILES string of the molecule is O=C(O)Cc1cccc(C2CCCCC2)c1. The summed E-state index contributed by atoms with van der Waals surface area (Å²) in [5.74, 6) is -0.0942. The van der Waals surface area contributed by atoms with Crippen molar-refractivity contribution in [2.75, 3.05) is 0 Å². The first-order valence-electron chi connectivity index (χ1n) is 6.06. The molecule has 0 atom stereocenters. The van der Waals surface area contributed by atoms with E-state index in [-0.39, 0.29) is 6.42 Å². The van der Waals surface area contributed by atoms with Crippen LogP contribution in [0.1, 0.15) is 49.1 Å². The molecular formula is C14H18O2. The lowest BCUT2D eigenvalue weighted by Gasteiger charge is -2.22. The van der Waals surface area contributed by atoms with Gasteiger partial charge in [-0.05, 0) is 29.9 Å². The quantitative estimate of drug-likeness (QED) is 0.844. The molecule has 0 bridgehead atoms. The largest absolute Gasteiger partial charge is 0.481 e. The zero-order chi connectivity index (χ0) is 11.4. The van der Waals surface area contributed by atoms with Gasteiger partial charge in [-0.25, -0.2) is 0 Å². The van der Waals surface area contributed by atoms with Crippen LogP contribution in [-0.4, -0.2) is 11.1 Å². The summed E-state index contributed by atoms with van der Waals surface area (Å²) in [6.07, 6.45) is 6.64. The number of carboxylic acid groups (broad SMARTS) is 1. The van der Waals surface area contributed by atoms with Crippen LogP contribution in [0, 0.1) is 0 Å². The Bertz CT molecular complexity index is 365. The van der Waals surface area contributed by atoms with E-state index in [9.17, 15) is 4.79 Å². The lowest BCUT2D eigenvalue weighted by molar-refractivity contribution is -0.136. The van der Waals surface area contributed by atoms with E-state index in [1.807, 2.05) is 12.1 Å². The van der Waals surface area contributed by atoms with Gasteiger partial charge in [0, 0.05) is 0 Å². The third-order valence-electron chi connectivity index (χ3n) is 3.38. The fraction of sp³-hybridized carbons (Fsp3) is 0.500. The highest BCUT2D eigenvalue weighted by atomic mass is 16.4. The second kappa shape index (κ2) is 5.15. The molecule has 86 valence electrons. The third-order valence-corrected chi connectivity index (χ3v) is 3.38. The molecule has 1 aromatic rings. The number of carboxylic acids is 1. The predicted molar refractivity (Wildman–Crippen MR) is 63.6 cm³/mol. The van der Waals surface area contributed by atoms with Crippen molar-refractivity contribution in [2.45, 2.75) is 44.4 Å². The molecule has 1 N–H and O–H groups in total. The van der Waals surface area contributed by atoms with E-state index in [4.69, 9.17) is 5.11 Å². The Morgan fingerprint density at radius 2 is 2.00 bits per heavy atom. The molecule has 0 unspecified atom stereocenters. The minimum atomic E-state index is -0.749. The van der Waals surface area contributed by atoms with Crippen LogP contribution in [0.3, 0.4) is 0 Å². The summed E-state index contributed by atoms with van der Waals surface area (Å²) in [7, 11) is 0. The van der Waals surface area contributed by atoms with Gasteiger partial charge in [-0.15, -0.1) is 0 Å². The van der Waals surface area contributed by atoms with Gasteiger partial charge in [0.05, 0.1) is 6.42 Å². The van der Waals surface area contributed by atoms with Gasteiger partial charge >= 0.3 is 5.97 Å². The van der Waals surface area contributed by atoms with Gasteiger partial charge in [-0.2, -0.15) is 0 Å². The lowest BCUT2D eigenvalue weighted by atomic mass is 9.83. The van der Waals surface area contributed by atoms with Crippen LogP contribution in [-0.2, 0) is 11.2 Å². The van der Waals surface area contributed by atoms with Crippen LogP contribution in [0.4, 0.5) is 0 Å². The van der Waals surface area contributed by atoms with Crippen LogP contribution in [0.15, 0.2) is 24.3 Å². The van der Waals surface area contributed by atoms with Crippen molar-refractivity contribution in [3.63, 3.8) is 0 Å². The Morgan fingerprint density at radius 3 is 2.69 bits per heavy atom. The zero-order valence-corrected chi connectivity index (χ0v) is 9.48. The molecule has 1 saturated carbocycles. The zero-order valence-electron chi connectivity index (χ0n) is 9.48. The summed E-state index contributed by atoms with van der Waals surface area (Å²) in [6.45, 7) is 0. The summed E-state index contributed by atoms with van der Waals surface area (Å²) >= 11 is 0. The van der Waals surface area contributed by atoms with E-state index in [1.165, 1.54) is 37.7 Å². The van der Waals surface area contributed by atoms with Gasteiger partial charge in [-0.3, -0.25) is 4.79 Å². The second-order valence-electron chi connectivity index (χ2n) is 4.65. The third kappa shape index (κ3) is 2.84. The van der Waals surface area contributed by atoms with E-state index >= 15 is 0 Å². The molecular weight excluding hydrogens is 200 g/mol. The van der Waals surface area contributed by atoms with Crippen LogP contribution in [0.5, 0.6) is 0 Å². The molecule has 0 aromatic heterocycles. The molecule has 2 heteroatoms. The summed E-state index contributed by atoms with van der Waals surface area (Å²) < 4.78 is 0. The maximum absolute atomic E-state index is 10.7. The highest BCUT2D eigenvalue weighted by molar-refractivity contribution is 5.70. The number of aliphatic carboxylic acids is 1. The first kappa shape index (κ1) is 11.2. The standard InChI is InChI=1S/C14H18O2/c15-14(16)10-11-5-4-8-13(9-11)12-6-2-1-3-7-12/h4-5,8-9,12H,1-3,6-7,10H2,(H,15,16). The normalized spacial score (nSPS) is 17.2. The van der Waals surface area contributed by atoms with Gasteiger partial charge in [0.25, 0.3) is 0 Å². The van der Waals surface area contributed by atoms with Crippen LogP contribution in [0.25, 0.3) is 0 Å². The van der Waals surface area contributed by atoms with Crippen molar-refractivity contribution in [2.24, 2.45) is 0 Å². The van der Waals surface area contributed by atoms with Crippen LogP contribution >= 0.6 is 0 Å². The van der Waals surface area contributed by atoms with Gasteiger partial charge in [0.1, 0.15) is 0 Å². The van der Waals surface area contributed by atoms with E-state index in [1.54, 1.807) is 0 Å². The number of carbonyl (C=O) groups is 1. The average molecular weight is 218 g/mol. The van der Waals surface area contributed by atoms with Gasteiger partial charge < -0.3 is 5.11 Å². The predicted octanol–water partition coefficient (Wildman–Crippen LogP) is 3.36. The highest BCUT2D eigenvalue weighted by Crippen LogP contribution is 2.32. The van der Waals surface area contributed by atoms with Crippen molar-refractivity contribution >= 4 is 5.97 Å². The van der Waals surface area contributed by atoms with E-state index in [0.717, 1.165) is 5.56 Å². The first-order valence-corrected chi connectivity index (χ1v) is 6.06. The molecule has 0 radical (unpaired) electrons. The molecule has 0 amide bonds. The minimum absolute atomic E-state index is 0.139. The fourth-order valence-electron chi connectivity index (χ4n) is 2.57. The minimum Gasteiger partial charge on any atom is -0.481 e. The Hall–Kier alpha value is -1.31. The Balaban J connectivity index is 2.11. The lowest BCUT2D eigenvalue weighted by Crippen LogP contribution is -2.06. The number of hydrogen-bond acceptors (Lipinski definition) is 1. The van der Waals surface area contributed by atoms with Crippen LogP contribution < -0.4 is 0 Å². The maximum Gasteiger partial charge on any atom is 0.307 e. The maximum atomic E-state index is 10.7. The summed E-state index contributed by atoms with van der Waals surface area (Å²) in [5, 5.41) is 8.77. The Kier molecular flexibility index (Phi) is 3.60. The Morgan fingerprint density at radius 1 is 1.25 bits per heavy atom. The number of hydrogen-bond donors (Lipinski definition) is 1. The van der Waals surface area contributed by atoms with Crippen molar-refractivity contribution in [1.29, 1.82) is 0 Å². The number of benzene rings is 1. The van der Waals surface area contributed by atoms with E-state index < -0.39 is 5.97 Å². The molecule has 0 aliphatic heterocycles. The molecule has 2 rings (SSSR count). The summed E-state index contributed by atoms with van der Waals surface area (Å²) in [4.78, 5) is 10.7. The van der Waals surface area contributed by atoms with Crippen LogP contribution in [0.2, 0.25) is 0 Å². The first-order chi connectivity index (χ1) is 7.75. The monoisotopic (exact) mass is 218 g/mol. The summed E-state index contributed by atoms with van der Waals surface area (Å²) in [6, 6.07) is 8.11. The molecule has 1 fully saturated rings. The van der Waals surface area contributed by atoms with Gasteiger partial charge in [-0.1, -0.05) is 43.5 Å². The highest BCUT2D eigenvalue weighted by Gasteiger charge is 2.15. The van der Waals surface area contributed by atoms with E-state index in [0.29, 0.717) is 5.92 Å². The molecule has 0 saturated heterocycles.